The lowest BCUT2D eigenvalue weighted by atomic mass is 10.1. The van der Waals surface area contributed by atoms with Crippen LogP contribution in [0.1, 0.15) is 34.6 Å². The summed E-state index contributed by atoms with van der Waals surface area (Å²) in [5.41, 5.74) is 5.08. The molecule has 1 aromatic heterocycles. The molecule has 1 fully saturated rings. The van der Waals surface area contributed by atoms with Crippen molar-refractivity contribution in [1.29, 1.82) is 0 Å². The second-order valence-corrected chi connectivity index (χ2v) is 8.85. The summed E-state index contributed by atoms with van der Waals surface area (Å²) in [7, 11) is 0. The lowest BCUT2D eigenvalue weighted by Crippen LogP contribution is -2.52. The van der Waals surface area contributed by atoms with Gasteiger partial charge in [0.15, 0.2) is 11.1 Å². The third kappa shape index (κ3) is 8.08. The number of aliphatic imine (C=N–C) groups is 1. The molecule has 8 nitrogen and oxygen atoms in total. The van der Waals surface area contributed by atoms with E-state index in [0.29, 0.717) is 12.5 Å². The van der Waals surface area contributed by atoms with Gasteiger partial charge in [-0.3, -0.25) is 4.99 Å². The third-order valence-corrected chi connectivity index (χ3v) is 4.60. The molecule has 1 amide bonds. The summed E-state index contributed by atoms with van der Waals surface area (Å²) < 4.78 is 5.29. The fraction of sp³-hybridized carbons (Fsp3) is 0.706. The highest BCUT2D eigenvalue weighted by Gasteiger charge is 2.25. The zero-order chi connectivity index (χ0) is 19.4. The topological polar surface area (TPSA) is 96.1 Å². The van der Waals surface area contributed by atoms with Crippen molar-refractivity contribution in [2.75, 3.05) is 37.6 Å². The number of alkyl carbamates (subject to hydrolysis) is 1. The van der Waals surface area contributed by atoms with E-state index in [1.165, 1.54) is 0 Å². The molecule has 0 radical (unpaired) electrons. The average molecular weight is 510 g/mol. The Morgan fingerprint density at radius 1 is 1.30 bits per heavy atom. The van der Waals surface area contributed by atoms with Gasteiger partial charge < -0.3 is 25.6 Å². The lowest BCUT2D eigenvalue weighted by molar-refractivity contribution is 0.0476. The van der Waals surface area contributed by atoms with Gasteiger partial charge in [0, 0.05) is 37.8 Å². The first-order chi connectivity index (χ1) is 12.1. The maximum atomic E-state index is 11.9. The molecule has 0 aromatic carbocycles. The van der Waals surface area contributed by atoms with Crippen molar-refractivity contribution < 1.29 is 9.53 Å². The second kappa shape index (κ2) is 9.76. The number of halogens is 1. The summed E-state index contributed by atoms with van der Waals surface area (Å²) in [5, 5.41) is 5.87. The van der Waals surface area contributed by atoms with Crippen LogP contribution in [0.15, 0.2) is 16.6 Å². The number of ether oxygens (including phenoxy) is 1. The fourth-order valence-corrected chi connectivity index (χ4v) is 3.19. The molecular formula is C17H31IN6O2S. The van der Waals surface area contributed by atoms with E-state index in [4.69, 9.17) is 10.5 Å². The Morgan fingerprint density at radius 2 is 1.93 bits per heavy atom. The van der Waals surface area contributed by atoms with Gasteiger partial charge in [-0.25, -0.2) is 9.78 Å². The number of carbonyl (C=O) groups is 1. The maximum absolute atomic E-state index is 11.9. The van der Waals surface area contributed by atoms with Crippen LogP contribution >= 0.6 is 35.3 Å². The predicted molar refractivity (Wildman–Crippen MR) is 121 cm³/mol. The molecule has 154 valence electrons. The Hall–Kier alpha value is -1.30. The molecule has 0 saturated carbocycles. The van der Waals surface area contributed by atoms with Crippen LogP contribution in [-0.4, -0.2) is 65.8 Å². The number of hydrogen-bond acceptors (Lipinski definition) is 6. The van der Waals surface area contributed by atoms with Crippen LogP contribution in [0.25, 0.3) is 0 Å². The summed E-state index contributed by atoms with van der Waals surface area (Å²) in [4.78, 5) is 25.1. The first-order valence-electron chi connectivity index (χ1n) is 8.76. The molecular weight excluding hydrogens is 479 g/mol. The van der Waals surface area contributed by atoms with Crippen molar-refractivity contribution in [3.63, 3.8) is 0 Å². The van der Waals surface area contributed by atoms with Crippen molar-refractivity contribution in [3.05, 3.63) is 11.6 Å². The Bertz CT molecular complexity index is 622. The summed E-state index contributed by atoms with van der Waals surface area (Å²) in [6.45, 7) is 13.0. The van der Waals surface area contributed by atoms with Crippen molar-refractivity contribution >= 4 is 52.5 Å². The minimum Gasteiger partial charge on any atom is -0.444 e. The highest BCUT2D eigenvalue weighted by molar-refractivity contribution is 14.0. The van der Waals surface area contributed by atoms with Crippen molar-refractivity contribution in [1.82, 2.24) is 15.2 Å². The highest BCUT2D eigenvalue weighted by atomic mass is 127. The highest BCUT2D eigenvalue weighted by Crippen LogP contribution is 2.18. The number of aromatic nitrogens is 1. The Morgan fingerprint density at radius 3 is 2.44 bits per heavy atom. The fourth-order valence-electron chi connectivity index (χ4n) is 2.50. The van der Waals surface area contributed by atoms with Gasteiger partial charge in [-0.05, 0) is 34.6 Å². The zero-order valence-corrected chi connectivity index (χ0v) is 19.8. The number of guanidine groups is 1. The van der Waals surface area contributed by atoms with E-state index in [9.17, 15) is 4.79 Å². The zero-order valence-electron chi connectivity index (χ0n) is 16.7. The molecule has 0 aliphatic carbocycles. The van der Waals surface area contributed by atoms with Crippen LogP contribution in [0, 0.1) is 0 Å². The van der Waals surface area contributed by atoms with Gasteiger partial charge >= 0.3 is 6.09 Å². The van der Waals surface area contributed by atoms with Gasteiger partial charge in [-0.1, -0.05) is 0 Å². The average Bonchev–Trinajstić information content (AvgIpc) is 3.05. The molecule has 1 aliphatic rings. The van der Waals surface area contributed by atoms with E-state index < -0.39 is 17.2 Å². The van der Waals surface area contributed by atoms with E-state index in [-0.39, 0.29) is 24.0 Å². The van der Waals surface area contributed by atoms with Crippen LogP contribution in [0.5, 0.6) is 0 Å². The van der Waals surface area contributed by atoms with Crippen molar-refractivity contribution in [3.8, 4) is 0 Å². The first-order valence-corrected chi connectivity index (χ1v) is 9.64. The number of rotatable bonds is 4. The monoisotopic (exact) mass is 510 g/mol. The molecule has 3 N–H and O–H groups in total. The van der Waals surface area contributed by atoms with Crippen molar-refractivity contribution in [2.45, 2.75) is 45.8 Å². The van der Waals surface area contributed by atoms with Crippen LogP contribution in [0.3, 0.4) is 0 Å². The number of thiazole rings is 1. The van der Waals surface area contributed by atoms with Gasteiger partial charge in [0.2, 0.25) is 0 Å². The number of anilines is 1. The van der Waals surface area contributed by atoms with Gasteiger partial charge in [-0.2, -0.15) is 0 Å². The SMILES string of the molecule is CC(C)(CN=C(N)N1CCN(c2nccs2)CC1)NC(=O)OC(C)(C)C.I. The summed E-state index contributed by atoms with van der Waals surface area (Å²) in [5.74, 6) is 0.503. The molecule has 0 unspecified atom stereocenters. The van der Waals surface area contributed by atoms with Gasteiger partial charge in [0.25, 0.3) is 0 Å². The van der Waals surface area contributed by atoms with Crippen LogP contribution in [0.2, 0.25) is 0 Å². The molecule has 1 aliphatic heterocycles. The first kappa shape index (κ1) is 23.7. The largest absolute Gasteiger partial charge is 0.444 e. The minimum absolute atomic E-state index is 0. The maximum Gasteiger partial charge on any atom is 0.408 e. The Kier molecular flexibility index (Phi) is 8.58. The number of carbonyl (C=O) groups excluding carboxylic acids is 1. The van der Waals surface area contributed by atoms with E-state index in [2.05, 4.69) is 25.1 Å². The summed E-state index contributed by atoms with van der Waals surface area (Å²) >= 11 is 1.64. The van der Waals surface area contributed by atoms with Gasteiger partial charge in [0.1, 0.15) is 5.60 Å². The lowest BCUT2D eigenvalue weighted by Gasteiger charge is -2.35. The van der Waals surface area contributed by atoms with Gasteiger partial charge in [0.05, 0.1) is 12.1 Å². The van der Waals surface area contributed by atoms with E-state index in [1.54, 1.807) is 11.3 Å². The smallest absolute Gasteiger partial charge is 0.408 e. The molecule has 0 bridgehead atoms. The van der Waals surface area contributed by atoms with Crippen LogP contribution < -0.4 is 16.0 Å². The van der Waals surface area contributed by atoms with E-state index in [0.717, 1.165) is 31.3 Å². The summed E-state index contributed by atoms with van der Waals surface area (Å²) in [6.07, 6.45) is 1.37. The standard InChI is InChI=1S/C17H30N6O2S.HI/c1-16(2,3)25-15(24)21-17(4,5)12-20-13(18)22-7-9-23(10-8-22)14-19-6-11-26-14;/h6,11H,7-10,12H2,1-5H3,(H2,18,20)(H,21,24);1H. The molecule has 1 aromatic rings. The minimum atomic E-state index is -0.546. The number of nitrogens with zero attached hydrogens (tertiary/aromatic N) is 4. The van der Waals surface area contributed by atoms with Crippen molar-refractivity contribution in [2.24, 2.45) is 10.7 Å². The number of hydrogen-bond donors (Lipinski definition) is 2. The van der Waals surface area contributed by atoms with E-state index >= 15 is 0 Å². The Balaban J connectivity index is 0.00000364. The molecule has 27 heavy (non-hydrogen) atoms. The molecule has 1 saturated heterocycles. The van der Waals surface area contributed by atoms with Gasteiger partial charge in [-0.15, -0.1) is 35.3 Å². The quantitative estimate of drug-likeness (QED) is 0.367. The molecule has 2 heterocycles. The number of piperazine rings is 1. The molecule has 10 heteroatoms. The second-order valence-electron chi connectivity index (χ2n) is 7.97. The molecule has 0 spiro atoms. The van der Waals surface area contributed by atoms with Crippen LogP contribution in [-0.2, 0) is 4.74 Å². The normalized spacial score (nSPS) is 16.0. The number of nitrogens with one attached hydrogen (secondary N) is 1. The molecule has 0 atom stereocenters. The number of nitrogens with two attached hydrogens (primary N) is 1. The molecule has 2 rings (SSSR count). The van der Waals surface area contributed by atoms with Crippen LogP contribution in [0.4, 0.5) is 9.93 Å². The van der Waals surface area contributed by atoms with E-state index in [1.807, 2.05) is 46.2 Å². The summed E-state index contributed by atoms with van der Waals surface area (Å²) in [6, 6.07) is 0. The predicted octanol–water partition coefficient (Wildman–Crippen LogP) is 2.50. The number of amides is 1. The Labute approximate surface area is 182 Å². The third-order valence-electron chi connectivity index (χ3n) is 3.77.